The van der Waals surface area contributed by atoms with Crippen molar-refractivity contribution < 1.29 is 13.9 Å². The van der Waals surface area contributed by atoms with Crippen LogP contribution in [0.4, 0.5) is 0 Å². The third kappa shape index (κ3) is 2.94. The molecule has 1 N–H and O–H groups in total. The Hall–Kier alpha value is -1.46. The number of furan rings is 1. The minimum Gasteiger partial charge on any atom is -0.486 e. The predicted molar refractivity (Wildman–Crippen MR) is 84.1 cm³/mol. The fourth-order valence-electron chi connectivity index (χ4n) is 2.48. The zero-order valence-corrected chi connectivity index (χ0v) is 13.7. The number of ether oxygens (including phenoxy) is 2. The summed E-state index contributed by atoms with van der Waals surface area (Å²) in [7, 11) is 0. The molecular weight excluding hydrogens is 334 g/mol. The van der Waals surface area contributed by atoms with Gasteiger partial charge in [-0.05, 0) is 43.3 Å². The second kappa shape index (κ2) is 6.12. The van der Waals surface area contributed by atoms with E-state index in [2.05, 4.69) is 28.2 Å². The summed E-state index contributed by atoms with van der Waals surface area (Å²) in [5.74, 6) is 3.36. The smallest absolute Gasteiger partial charge is 0.162 e. The van der Waals surface area contributed by atoms with Crippen LogP contribution in [-0.2, 0) is 0 Å². The number of aryl methyl sites for hydroxylation is 1. The molecule has 1 aliphatic rings. The maximum Gasteiger partial charge on any atom is 0.162 e. The quantitative estimate of drug-likeness (QED) is 0.909. The molecule has 1 aliphatic heterocycles. The van der Waals surface area contributed by atoms with Gasteiger partial charge in [-0.15, -0.1) is 0 Å². The third-order valence-electron chi connectivity index (χ3n) is 3.43. The summed E-state index contributed by atoms with van der Waals surface area (Å²) in [5, 5.41) is 3.46. The average Bonchev–Trinajstić information content (AvgIpc) is 2.91. The second-order valence-electron chi connectivity index (χ2n) is 4.96. The van der Waals surface area contributed by atoms with Crippen molar-refractivity contribution >= 4 is 15.9 Å². The number of rotatable bonds is 4. The van der Waals surface area contributed by atoms with Crippen molar-refractivity contribution in [3.05, 3.63) is 45.8 Å². The number of benzene rings is 1. The molecule has 0 saturated heterocycles. The summed E-state index contributed by atoms with van der Waals surface area (Å²) < 4.78 is 18.1. The summed E-state index contributed by atoms with van der Waals surface area (Å²) in [5.41, 5.74) is 1.08. The van der Waals surface area contributed by atoms with Crippen LogP contribution in [0, 0.1) is 6.92 Å². The number of hydrogen-bond donors (Lipinski definition) is 1. The van der Waals surface area contributed by atoms with Crippen molar-refractivity contribution in [1.29, 1.82) is 0 Å². The molecule has 0 amide bonds. The van der Waals surface area contributed by atoms with E-state index in [9.17, 15) is 0 Å². The Morgan fingerprint density at radius 2 is 1.90 bits per heavy atom. The van der Waals surface area contributed by atoms with Crippen molar-refractivity contribution in [1.82, 2.24) is 5.32 Å². The first-order valence-corrected chi connectivity index (χ1v) is 7.87. The minimum absolute atomic E-state index is 0.0195. The van der Waals surface area contributed by atoms with Crippen molar-refractivity contribution in [3.63, 3.8) is 0 Å². The molecule has 112 valence electrons. The van der Waals surface area contributed by atoms with Crippen LogP contribution in [-0.4, -0.2) is 19.8 Å². The van der Waals surface area contributed by atoms with Gasteiger partial charge in [0.1, 0.15) is 24.7 Å². The van der Waals surface area contributed by atoms with Gasteiger partial charge in [0.05, 0.1) is 6.04 Å². The topological polar surface area (TPSA) is 43.6 Å². The van der Waals surface area contributed by atoms with Crippen LogP contribution in [0.15, 0.2) is 33.2 Å². The van der Waals surface area contributed by atoms with E-state index in [1.165, 1.54) is 0 Å². The van der Waals surface area contributed by atoms with Crippen molar-refractivity contribution in [3.8, 4) is 11.5 Å². The molecule has 1 unspecified atom stereocenters. The zero-order valence-electron chi connectivity index (χ0n) is 12.1. The van der Waals surface area contributed by atoms with Crippen LogP contribution < -0.4 is 14.8 Å². The summed E-state index contributed by atoms with van der Waals surface area (Å²) in [4.78, 5) is 0. The number of hydrogen-bond acceptors (Lipinski definition) is 4. The van der Waals surface area contributed by atoms with Crippen molar-refractivity contribution in [2.24, 2.45) is 0 Å². The highest BCUT2D eigenvalue weighted by Crippen LogP contribution is 2.39. The van der Waals surface area contributed by atoms with E-state index in [1.54, 1.807) is 0 Å². The molecular formula is C16H18BrNO3. The number of fused-ring (bicyclic) bond motifs is 1. The highest BCUT2D eigenvalue weighted by atomic mass is 79.9. The molecule has 5 heteroatoms. The van der Waals surface area contributed by atoms with Crippen LogP contribution in [0.3, 0.4) is 0 Å². The first kappa shape index (κ1) is 14.5. The monoisotopic (exact) mass is 351 g/mol. The standard InChI is InChI=1S/C16H18BrNO3/c1-3-18-16(13-5-4-10(2)21-13)11-8-14-15(9-12(11)17)20-7-6-19-14/h4-5,8-9,16,18H,3,6-7H2,1-2H3. The fourth-order valence-corrected chi connectivity index (χ4v) is 3.03. The largest absolute Gasteiger partial charge is 0.486 e. The number of halogens is 1. The van der Waals surface area contributed by atoms with E-state index in [0.717, 1.165) is 39.6 Å². The van der Waals surface area contributed by atoms with E-state index >= 15 is 0 Å². The van der Waals surface area contributed by atoms with Gasteiger partial charge in [-0.25, -0.2) is 0 Å². The molecule has 1 aromatic heterocycles. The van der Waals surface area contributed by atoms with Gasteiger partial charge in [0.25, 0.3) is 0 Å². The predicted octanol–water partition coefficient (Wildman–Crippen LogP) is 3.82. The Balaban J connectivity index is 2.02. The van der Waals surface area contributed by atoms with Crippen molar-refractivity contribution in [2.45, 2.75) is 19.9 Å². The first-order chi connectivity index (χ1) is 10.2. The molecule has 1 aromatic carbocycles. The molecule has 2 aromatic rings. The lowest BCUT2D eigenvalue weighted by Crippen LogP contribution is -2.23. The molecule has 0 aliphatic carbocycles. The fraction of sp³-hybridized carbons (Fsp3) is 0.375. The van der Waals surface area contributed by atoms with Crippen LogP contribution in [0.2, 0.25) is 0 Å². The van der Waals surface area contributed by atoms with E-state index in [4.69, 9.17) is 13.9 Å². The third-order valence-corrected chi connectivity index (χ3v) is 4.11. The lowest BCUT2D eigenvalue weighted by molar-refractivity contribution is 0.171. The van der Waals surface area contributed by atoms with E-state index in [-0.39, 0.29) is 6.04 Å². The highest BCUT2D eigenvalue weighted by Gasteiger charge is 2.23. The van der Waals surface area contributed by atoms with Gasteiger partial charge in [-0.3, -0.25) is 0 Å². The van der Waals surface area contributed by atoms with Gasteiger partial charge in [-0.2, -0.15) is 0 Å². The normalized spacial score (nSPS) is 15.0. The second-order valence-corrected chi connectivity index (χ2v) is 5.81. The molecule has 0 radical (unpaired) electrons. The molecule has 0 fully saturated rings. The molecule has 3 rings (SSSR count). The first-order valence-electron chi connectivity index (χ1n) is 7.07. The van der Waals surface area contributed by atoms with Crippen LogP contribution >= 0.6 is 15.9 Å². The maximum absolute atomic E-state index is 5.80. The van der Waals surface area contributed by atoms with Gasteiger partial charge in [0.15, 0.2) is 11.5 Å². The Bertz CT molecular complexity index is 638. The van der Waals surface area contributed by atoms with Gasteiger partial charge in [-0.1, -0.05) is 22.9 Å². The van der Waals surface area contributed by atoms with Gasteiger partial charge >= 0.3 is 0 Å². The van der Waals surface area contributed by atoms with E-state index in [0.29, 0.717) is 13.2 Å². The highest BCUT2D eigenvalue weighted by molar-refractivity contribution is 9.10. The Labute approximate surface area is 132 Å². The van der Waals surface area contributed by atoms with E-state index < -0.39 is 0 Å². The van der Waals surface area contributed by atoms with Gasteiger partial charge in [0.2, 0.25) is 0 Å². The van der Waals surface area contributed by atoms with Crippen molar-refractivity contribution in [2.75, 3.05) is 19.8 Å². The Kier molecular flexibility index (Phi) is 4.22. The van der Waals surface area contributed by atoms with Crippen LogP contribution in [0.25, 0.3) is 0 Å². The maximum atomic E-state index is 5.80. The molecule has 1 atom stereocenters. The minimum atomic E-state index is -0.0195. The lowest BCUT2D eigenvalue weighted by Gasteiger charge is -2.23. The molecule has 21 heavy (non-hydrogen) atoms. The summed E-state index contributed by atoms with van der Waals surface area (Å²) >= 11 is 3.63. The zero-order chi connectivity index (χ0) is 14.8. The van der Waals surface area contributed by atoms with Crippen LogP contribution in [0.1, 0.15) is 30.0 Å². The Morgan fingerprint density at radius 1 is 1.19 bits per heavy atom. The number of nitrogens with one attached hydrogen (secondary N) is 1. The summed E-state index contributed by atoms with van der Waals surface area (Å²) in [6.45, 7) is 6.04. The van der Waals surface area contributed by atoms with Gasteiger partial charge < -0.3 is 19.2 Å². The Morgan fingerprint density at radius 3 is 2.52 bits per heavy atom. The molecule has 0 spiro atoms. The molecule has 0 saturated carbocycles. The van der Waals surface area contributed by atoms with Crippen LogP contribution in [0.5, 0.6) is 11.5 Å². The van der Waals surface area contributed by atoms with E-state index in [1.807, 2.05) is 31.2 Å². The van der Waals surface area contributed by atoms with Gasteiger partial charge in [0, 0.05) is 4.47 Å². The molecule has 2 heterocycles. The SMILES string of the molecule is CCNC(c1ccc(C)o1)c1cc2c(cc1Br)OCCO2. The molecule has 4 nitrogen and oxygen atoms in total. The summed E-state index contributed by atoms with van der Waals surface area (Å²) in [6, 6.07) is 7.94. The summed E-state index contributed by atoms with van der Waals surface area (Å²) in [6.07, 6.45) is 0. The lowest BCUT2D eigenvalue weighted by atomic mass is 10.0. The average molecular weight is 352 g/mol. The molecule has 0 bridgehead atoms.